The first-order chi connectivity index (χ1) is 12.2. The summed E-state index contributed by atoms with van der Waals surface area (Å²) in [5.41, 5.74) is 5.23. The van der Waals surface area contributed by atoms with Gasteiger partial charge in [0.1, 0.15) is 17.2 Å². The zero-order valence-corrected chi connectivity index (χ0v) is 14.7. The number of aromatic nitrogens is 2. The molecule has 0 aliphatic rings. The van der Waals surface area contributed by atoms with Crippen LogP contribution in [0.5, 0.6) is 0 Å². The van der Waals surface area contributed by atoms with Gasteiger partial charge in [0.05, 0.1) is 0 Å². The van der Waals surface area contributed by atoms with Crippen LogP contribution >= 0.6 is 11.6 Å². The predicted octanol–water partition coefficient (Wildman–Crippen LogP) is 5.58. The van der Waals surface area contributed by atoms with Crippen LogP contribution in [0.2, 0.25) is 5.02 Å². The monoisotopic (exact) mass is 347 g/mol. The van der Waals surface area contributed by atoms with Crippen LogP contribution in [0.15, 0.2) is 72.9 Å². The van der Waals surface area contributed by atoms with Crippen molar-refractivity contribution >= 4 is 23.1 Å². The molecule has 0 atom stereocenters. The van der Waals surface area contributed by atoms with Gasteiger partial charge in [-0.2, -0.15) is 0 Å². The summed E-state index contributed by atoms with van der Waals surface area (Å²) < 4.78 is 2.11. The van der Waals surface area contributed by atoms with Gasteiger partial charge in [0.15, 0.2) is 0 Å². The highest BCUT2D eigenvalue weighted by Crippen LogP contribution is 2.31. The van der Waals surface area contributed by atoms with Crippen LogP contribution < -0.4 is 5.32 Å². The minimum atomic E-state index is 0.708. The van der Waals surface area contributed by atoms with Crippen molar-refractivity contribution in [2.45, 2.75) is 13.5 Å². The SMILES string of the molecule is Cc1ccc2nc(-c3cccc(Cl)c3)c(NCc3ccccc3)n2c1. The molecular formula is C21H18ClN3. The second-order valence-electron chi connectivity index (χ2n) is 6.09. The molecule has 0 amide bonds. The summed E-state index contributed by atoms with van der Waals surface area (Å²) in [4.78, 5) is 4.82. The van der Waals surface area contributed by atoms with Crippen molar-refractivity contribution in [1.29, 1.82) is 0 Å². The van der Waals surface area contributed by atoms with Gasteiger partial charge in [0.25, 0.3) is 0 Å². The Balaban J connectivity index is 1.81. The van der Waals surface area contributed by atoms with E-state index in [1.807, 2.05) is 48.5 Å². The maximum atomic E-state index is 6.19. The van der Waals surface area contributed by atoms with Crippen LogP contribution in [0.1, 0.15) is 11.1 Å². The molecule has 0 spiro atoms. The van der Waals surface area contributed by atoms with E-state index >= 15 is 0 Å². The molecule has 0 bridgehead atoms. The number of pyridine rings is 1. The molecule has 2 heterocycles. The van der Waals surface area contributed by atoms with Gasteiger partial charge in [-0.05, 0) is 36.2 Å². The van der Waals surface area contributed by atoms with Crippen molar-refractivity contribution < 1.29 is 0 Å². The molecule has 0 saturated heterocycles. The zero-order chi connectivity index (χ0) is 17.2. The molecule has 0 radical (unpaired) electrons. The Labute approximate surface area is 151 Å². The molecule has 0 unspecified atom stereocenters. The number of hydrogen-bond acceptors (Lipinski definition) is 2. The van der Waals surface area contributed by atoms with E-state index in [2.05, 4.69) is 41.0 Å². The average molecular weight is 348 g/mol. The molecule has 0 aliphatic carbocycles. The van der Waals surface area contributed by atoms with Crippen LogP contribution in [-0.2, 0) is 6.54 Å². The van der Waals surface area contributed by atoms with E-state index in [1.54, 1.807) is 0 Å². The number of anilines is 1. The molecule has 3 nitrogen and oxygen atoms in total. The summed E-state index contributed by atoms with van der Waals surface area (Å²) in [5, 5.41) is 4.26. The topological polar surface area (TPSA) is 29.3 Å². The minimum absolute atomic E-state index is 0.708. The molecule has 0 fully saturated rings. The Kier molecular flexibility index (Phi) is 4.16. The van der Waals surface area contributed by atoms with E-state index in [0.717, 1.165) is 29.3 Å². The lowest BCUT2D eigenvalue weighted by atomic mass is 10.1. The average Bonchev–Trinajstić information content (AvgIpc) is 2.98. The van der Waals surface area contributed by atoms with Gasteiger partial charge in [-0.15, -0.1) is 0 Å². The molecule has 2 aromatic carbocycles. The first-order valence-electron chi connectivity index (χ1n) is 8.23. The number of halogens is 1. The Morgan fingerprint density at radius 1 is 1.00 bits per heavy atom. The van der Waals surface area contributed by atoms with Gasteiger partial charge in [-0.25, -0.2) is 4.98 Å². The molecule has 4 aromatic rings. The quantitative estimate of drug-likeness (QED) is 0.522. The van der Waals surface area contributed by atoms with Crippen molar-refractivity contribution in [2.75, 3.05) is 5.32 Å². The number of aryl methyl sites for hydroxylation is 1. The summed E-state index contributed by atoms with van der Waals surface area (Å²) in [6, 6.07) is 22.3. The van der Waals surface area contributed by atoms with Crippen LogP contribution in [0.4, 0.5) is 5.82 Å². The Bertz CT molecular complexity index is 1020. The van der Waals surface area contributed by atoms with Crippen molar-refractivity contribution in [3.05, 3.63) is 89.1 Å². The fraction of sp³-hybridized carbons (Fsp3) is 0.0952. The number of nitrogens with zero attached hydrogens (tertiary/aromatic N) is 2. The van der Waals surface area contributed by atoms with Gasteiger partial charge >= 0.3 is 0 Å². The number of imidazole rings is 1. The molecular weight excluding hydrogens is 330 g/mol. The first-order valence-corrected chi connectivity index (χ1v) is 8.61. The minimum Gasteiger partial charge on any atom is -0.365 e. The van der Waals surface area contributed by atoms with Gasteiger partial charge in [-0.1, -0.05) is 60.1 Å². The zero-order valence-electron chi connectivity index (χ0n) is 13.9. The second kappa shape index (κ2) is 6.61. The number of nitrogens with one attached hydrogen (secondary N) is 1. The van der Waals surface area contributed by atoms with Crippen molar-refractivity contribution in [1.82, 2.24) is 9.38 Å². The summed E-state index contributed by atoms with van der Waals surface area (Å²) in [7, 11) is 0. The molecule has 4 heteroatoms. The molecule has 0 saturated carbocycles. The fourth-order valence-electron chi connectivity index (χ4n) is 2.94. The Morgan fingerprint density at radius 3 is 2.64 bits per heavy atom. The highest BCUT2D eigenvalue weighted by molar-refractivity contribution is 6.30. The number of fused-ring (bicyclic) bond motifs is 1. The molecule has 0 aliphatic heterocycles. The molecule has 2 aromatic heterocycles. The van der Waals surface area contributed by atoms with Gasteiger partial charge < -0.3 is 5.32 Å². The lowest BCUT2D eigenvalue weighted by Crippen LogP contribution is -2.03. The maximum Gasteiger partial charge on any atom is 0.139 e. The van der Waals surface area contributed by atoms with Gasteiger partial charge in [0, 0.05) is 23.3 Å². The van der Waals surface area contributed by atoms with Crippen molar-refractivity contribution in [2.24, 2.45) is 0 Å². The van der Waals surface area contributed by atoms with Gasteiger partial charge in [-0.3, -0.25) is 4.40 Å². The fourth-order valence-corrected chi connectivity index (χ4v) is 3.13. The lowest BCUT2D eigenvalue weighted by Gasteiger charge is -2.10. The third-order valence-corrected chi connectivity index (χ3v) is 4.40. The van der Waals surface area contributed by atoms with E-state index in [1.165, 1.54) is 11.1 Å². The van der Waals surface area contributed by atoms with Crippen LogP contribution in [-0.4, -0.2) is 9.38 Å². The summed E-state index contributed by atoms with van der Waals surface area (Å²) in [6.45, 7) is 2.82. The first kappa shape index (κ1) is 15.7. The largest absolute Gasteiger partial charge is 0.365 e. The van der Waals surface area contributed by atoms with E-state index in [-0.39, 0.29) is 0 Å². The van der Waals surface area contributed by atoms with Crippen LogP contribution in [0.25, 0.3) is 16.9 Å². The highest BCUT2D eigenvalue weighted by Gasteiger charge is 2.14. The van der Waals surface area contributed by atoms with Crippen LogP contribution in [0, 0.1) is 6.92 Å². The van der Waals surface area contributed by atoms with E-state index in [0.29, 0.717) is 5.02 Å². The van der Waals surface area contributed by atoms with Gasteiger partial charge in [0.2, 0.25) is 0 Å². The van der Waals surface area contributed by atoms with E-state index in [4.69, 9.17) is 16.6 Å². The lowest BCUT2D eigenvalue weighted by molar-refractivity contribution is 1.08. The smallest absolute Gasteiger partial charge is 0.139 e. The predicted molar refractivity (Wildman–Crippen MR) is 104 cm³/mol. The highest BCUT2D eigenvalue weighted by atomic mass is 35.5. The second-order valence-corrected chi connectivity index (χ2v) is 6.53. The van der Waals surface area contributed by atoms with Crippen molar-refractivity contribution in [3.63, 3.8) is 0 Å². The number of hydrogen-bond donors (Lipinski definition) is 1. The Morgan fingerprint density at radius 2 is 1.84 bits per heavy atom. The molecule has 25 heavy (non-hydrogen) atoms. The molecule has 1 N–H and O–H groups in total. The maximum absolute atomic E-state index is 6.19. The third-order valence-electron chi connectivity index (χ3n) is 4.17. The standard InChI is InChI=1S/C21H18ClN3/c1-15-10-11-19-24-20(17-8-5-9-18(22)12-17)21(25(19)14-15)23-13-16-6-3-2-4-7-16/h2-12,14,23H,13H2,1H3. The number of rotatable bonds is 4. The normalized spacial score (nSPS) is 11.0. The third kappa shape index (κ3) is 3.24. The summed E-state index contributed by atoms with van der Waals surface area (Å²) >= 11 is 6.19. The number of benzene rings is 2. The van der Waals surface area contributed by atoms with E-state index < -0.39 is 0 Å². The van der Waals surface area contributed by atoms with Crippen molar-refractivity contribution in [3.8, 4) is 11.3 Å². The summed E-state index contributed by atoms with van der Waals surface area (Å²) in [6.07, 6.45) is 2.10. The van der Waals surface area contributed by atoms with E-state index in [9.17, 15) is 0 Å². The van der Waals surface area contributed by atoms with Crippen LogP contribution in [0.3, 0.4) is 0 Å². The Hall–Kier alpha value is -2.78. The molecule has 4 rings (SSSR count). The molecule has 124 valence electrons. The summed E-state index contributed by atoms with van der Waals surface area (Å²) in [5.74, 6) is 0.977.